The lowest BCUT2D eigenvalue weighted by atomic mass is 9.93. The third-order valence-corrected chi connectivity index (χ3v) is 3.57. The molecule has 0 saturated carbocycles. The average Bonchev–Trinajstić information content (AvgIpc) is 2.76. The van der Waals surface area contributed by atoms with Gasteiger partial charge in [-0.05, 0) is 17.9 Å². The monoisotopic (exact) mass is 262 g/mol. The molecule has 2 rings (SSSR count). The number of ether oxygens (including phenoxy) is 1. The maximum atomic E-state index is 12.1. The first-order chi connectivity index (χ1) is 9.02. The molecule has 0 bridgehead atoms. The van der Waals surface area contributed by atoms with Crippen LogP contribution in [0.1, 0.15) is 25.8 Å². The molecule has 1 saturated heterocycles. The van der Waals surface area contributed by atoms with E-state index in [1.54, 1.807) is 0 Å². The smallest absolute Gasteiger partial charge is 0.260 e. The molecule has 4 heteroatoms. The van der Waals surface area contributed by atoms with Crippen molar-refractivity contribution in [2.45, 2.75) is 26.8 Å². The van der Waals surface area contributed by atoms with Crippen LogP contribution in [-0.4, -0.2) is 30.5 Å². The minimum Gasteiger partial charge on any atom is -0.483 e. The Morgan fingerprint density at radius 2 is 2.16 bits per heavy atom. The number of likely N-dealkylation sites (tertiary alicyclic amines) is 1. The summed E-state index contributed by atoms with van der Waals surface area (Å²) in [6.45, 7) is 6.52. The number of nitrogens with zero attached hydrogens (tertiary/aromatic N) is 1. The first-order valence-corrected chi connectivity index (χ1v) is 6.70. The van der Waals surface area contributed by atoms with Crippen molar-refractivity contribution >= 4 is 5.91 Å². The lowest BCUT2D eigenvalue weighted by Gasteiger charge is -2.20. The standard InChI is InChI=1S/C15H22N2O2/c1-15(2)7-8-17(11-15)14(18)10-19-13-6-4-3-5-12(13)9-16/h3-6H,7-11,16H2,1-2H3. The van der Waals surface area contributed by atoms with Gasteiger partial charge in [-0.3, -0.25) is 4.79 Å². The molecule has 2 N–H and O–H groups in total. The Balaban J connectivity index is 1.90. The van der Waals surface area contributed by atoms with Crippen molar-refractivity contribution in [1.29, 1.82) is 0 Å². The molecule has 1 aliphatic heterocycles. The topological polar surface area (TPSA) is 55.6 Å². The molecular weight excluding hydrogens is 240 g/mol. The van der Waals surface area contributed by atoms with Crippen molar-refractivity contribution in [2.24, 2.45) is 11.1 Å². The summed E-state index contributed by atoms with van der Waals surface area (Å²) >= 11 is 0. The first kappa shape index (κ1) is 13.9. The lowest BCUT2D eigenvalue weighted by Crippen LogP contribution is -2.34. The Labute approximate surface area is 114 Å². The molecule has 0 atom stereocenters. The second kappa shape index (κ2) is 5.61. The van der Waals surface area contributed by atoms with Crippen LogP contribution in [0.2, 0.25) is 0 Å². The molecule has 4 nitrogen and oxygen atoms in total. The minimum atomic E-state index is 0.0531. The fourth-order valence-corrected chi connectivity index (χ4v) is 2.37. The SMILES string of the molecule is CC1(C)CCN(C(=O)COc2ccccc2CN)C1. The second-order valence-corrected chi connectivity index (χ2v) is 5.83. The zero-order valence-electron chi connectivity index (χ0n) is 11.7. The van der Waals surface area contributed by atoms with Crippen LogP contribution in [0.25, 0.3) is 0 Å². The number of amides is 1. The van der Waals surface area contributed by atoms with Crippen LogP contribution in [0.15, 0.2) is 24.3 Å². The van der Waals surface area contributed by atoms with Crippen LogP contribution in [0.3, 0.4) is 0 Å². The summed E-state index contributed by atoms with van der Waals surface area (Å²) in [6, 6.07) is 7.57. The molecule has 1 fully saturated rings. The molecule has 0 radical (unpaired) electrons. The lowest BCUT2D eigenvalue weighted by molar-refractivity contribution is -0.132. The van der Waals surface area contributed by atoms with Crippen LogP contribution in [0.4, 0.5) is 0 Å². The highest BCUT2D eigenvalue weighted by Crippen LogP contribution is 2.28. The number of benzene rings is 1. The van der Waals surface area contributed by atoms with Crippen LogP contribution >= 0.6 is 0 Å². The van der Waals surface area contributed by atoms with E-state index < -0.39 is 0 Å². The van der Waals surface area contributed by atoms with Crippen LogP contribution in [0, 0.1) is 5.41 Å². The van der Waals surface area contributed by atoms with Crippen LogP contribution in [-0.2, 0) is 11.3 Å². The average molecular weight is 262 g/mol. The molecule has 1 aliphatic rings. The minimum absolute atomic E-state index is 0.0531. The predicted octanol–water partition coefficient (Wildman–Crippen LogP) is 1.78. The molecule has 0 aromatic heterocycles. The molecule has 0 spiro atoms. The molecular formula is C15H22N2O2. The van der Waals surface area contributed by atoms with Gasteiger partial charge in [0.05, 0.1) is 0 Å². The summed E-state index contributed by atoms with van der Waals surface area (Å²) in [5.74, 6) is 0.759. The molecule has 1 aromatic rings. The summed E-state index contributed by atoms with van der Waals surface area (Å²) in [5, 5.41) is 0. The molecule has 104 valence electrons. The zero-order valence-corrected chi connectivity index (χ0v) is 11.7. The van der Waals surface area contributed by atoms with E-state index in [0.717, 1.165) is 25.1 Å². The molecule has 1 aromatic carbocycles. The van der Waals surface area contributed by atoms with E-state index in [1.807, 2.05) is 29.2 Å². The number of carbonyl (C=O) groups excluding carboxylic acids is 1. The van der Waals surface area contributed by atoms with E-state index in [2.05, 4.69) is 13.8 Å². The third kappa shape index (κ3) is 3.47. The first-order valence-electron chi connectivity index (χ1n) is 6.70. The highest BCUT2D eigenvalue weighted by atomic mass is 16.5. The van der Waals surface area contributed by atoms with Crippen molar-refractivity contribution in [3.63, 3.8) is 0 Å². The van der Waals surface area contributed by atoms with Crippen molar-refractivity contribution in [2.75, 3.05) is 19.7 Å². The van der Waals surface area contributed by atoms with Crippen molar-refractivity contribution in [1.82, 2.24) is 4.90 Å². The van der Waals surface area contributed by atoms with Gasteiger partial charge in [0.1, 0.15) is 5.75 Å². The van der Waals surface area contributed by atoms with Gasteiger partial charge in [-0.15, -0.1) is 0 Å². The third-order valence-electron chi connectivity index (χ3n) is 3.57. The Hall–Kier alpha value is -1.55. The number of rotatable bonds is 4. The predicted molar refractivity (Wildman–Crippen MR) is 74.8 cm³/mol. The Morgan fingerprint density at radius 1 is 1.42 bits per heavy atom. The van der Waals surface area contributed by atoms with Gasteiger partial charge in [-0.2, -0.15) is 0 Å². The number of para-hydroxylation sites is 1. The summed E-state index contributed by atoms with van der Waals surface area (Å²) in [7, 11) is 0. The van der Waals surface area contributed by atoms with Crippen molar-refractivity contribution in [3.8, 4) is 5.75 Å². The van der Waals surface area contributed by atoms with Gasteiger partial charge in [-0.1, -0.05) is 32.0 Å². The van der Waals surface area contributed by atoms with E-state index >= 15 is 0 Å². The Bertz CT molecular complexity index is 457. The number of nitrogens with two attached hydrogens (primary N) is 1. The highest BCUT2D eigenvalue weighted by molar-refractivity contribution is 5.78. The van der Waals surface area contributed by atoms with Gasteiger partial charge in [0.25, 0.3) is 5.91 Å². The quantitative estimate of drug-likeness (QED) is 0.900. The van der Waals surface area contributed by atoms with Crippen molar-refractivity contribution < 1.29 is 9.53 Å². The Morgan fingerprint density at radius 3 is 2.79 bits per heavy atom. The second-order valence-electron chi connectivity index (χ2n) is 5.83. The van der Waals surface area contributed by atoms with Gasteiger partial charge >= 0.3 is 0 Å². The van der Waals surface area contributed by atoms with E-state index in [-0.39, 0.29) is 17.9 Å². The summed E-state index contributed by atoms with van der Waals surface area (Å²) in [5.41, 5.74) is 6.79. The fraction of sp³-hybridized carbons (Fsp3) is 0.533. The molecule has 0 aliphatic carbocycles. The van der Waals surface area contributed by atoms with E-state index in [4.69, 9.17) is 10.5 Å². The fourth-order valence-electron chi connectivity index (χ4n) is 2.37. The van der Waals surface area contributed by atoms with Crippen LogP contribution < -0.4 is 10.5 Å². The van der Waals surface area contributed by atoms with Gasteiger partial charge in [0.15, 0.2) is 6.61 Å². The van der Waals surface area contributed by atoms with Gasteiger partial charge < -0.3 is 15.4 Å². The van der Waals surface area contributed by atoms with Gasteiger partial charge in [0.2, 0.25) is 0 Å². The highest BCUT2D eigenvalue weighted by Gasteiger charge is 2.31. The maximum Gasteiger partial charge on any atom is 0.260 e. The summed E-state index contributed by atoms with van der Waals surface area (Å²) < 4.78 is 5.60. The number of hydrogen-bond acceptors (Lipinski definition) is 3. The van der Waals surface area contributed by atoms with Gasteiger partial charge in [0, 0.05) is 25.2 Å². The summed E-state index contributed by atoms with van der Waals surface area (Å²) in [4.78, 5) is 14.0. The molecule has 1 heterocycles. The maximum absolute atomic E-state index is 12.1. The number of carbonyl (C=O) groups is 1. The molecule has 0 unspecified atom stereocenters. The Kier molecular flexibility index (Phi) is 4.10. The molecule has 1 amide bonds. The van der Waals surface area contributed by atoms with E-state index in [9.17, 15) is 4.79 Å². The molecule has 19 heavy (non-hydrogen) atoms. The van der Waals surface area contributed by atoms with E-state index in [0.29, 0.717) is 12.3 Å². The largest absolute Gasteiger partial charge is 0.483 e. The van der Waals surface area contributed by atoms with Gasteiger partial charge in [-0.25, -0.2) is 0 Å². The normalized spacial score (nSPS) is 17.5. The number of hydrogen-bond donors (Lipinski definition) is 1. The zero-order chi connectivity index (χ0) is 13.9. The van der Waals surface area contributed by atoms with Crippen LogP contribution in [0.5, 0.6) is 5.75 Å². The van der Waals surface area contributed by atoms with Crippen molar-refractivity contribution in [3.05, 3.63) is 29.8 Å². The summed E-state index contributed by atoms with van der Waals surface area (Å²) in [6.07, 6.45) is 1.05. The van der Waals surface area contributed by atoms with E-state index in [1.165, 1.54) is 0 Å².